The third-order valence-electron chi connectivity index (χ3n) is 11.2. The van der Waals surface area contributed by atoms with Gasteiger partial charge in [0.25, 0.3) is 6.33 Å². The highest BCUT2D eigenvalue weighted by atomic mass is 16.5. The maximum absolute atomic E-state index is 9.17. The van der Waals surface area contributed by atoms with E-state index in [4.69, 9.17) is 27.5 Å². The van der Waals surface area contributed by atoms with E-state index in [2.05, 4.69) is 53.9 Å². The molecule has 0 bridgehead atoms. The topological polar surface area (TPSA) is 35.9 Å². The molecule has 0 saturated heterocycles. The molecule has 0 aliphatic heterocycles. The highest BCUT2D eigenvalue weighted by molar-refractivity contribution is 6.09. The van der Waals surface area contributed by atoms with Crippen molar-refractivity contribution in [2.75, 3.05) is 0 Å². The predicted octanol–water partition coefficient (Wildman–Crippen LogP) is 14.2. The first-order valence-corrected chi connectivity index (χ1v) is 20.4. The van der Waals surface area contributed by atoms with Crippen LogP contribution in [0.3, 0.4) is 0 Å². The van der Waals surface area contributed by atoms with Gasteiger partial charge < -0.3 is 4.74 Å². The number of nitrogens with zero attached hydrogens (tertiary/aromatic N) is 4. The molecule has 10 rings (SSSR count). The molecule has 10 aromatic rings. The number of rotatable bonds is 7. The maximum atomic E-state index is 9.17. The fraction of sp³-hybridized carbons (Fsp3) is 0.158. The van der Waals surface area contributed by atoms with E-state index in [1.165, 1.54) is 12.3 Å². The van der Waals surface area contributed by atoms with Crippen LogP contribution in [0.4, 0.5) is 0 Å². The Morgan fingerprint density at radius 2 is 1.31 bits per heavy atom. The van der Waals surface area contributed by atoms with Crippen LogP contribution in [-0.2, 0) is 10.8 Å². The summed E-state index contributed by atoms with van der Waals surface area (Å²) in [6.45, 7) is 9.77. The molecule has 0 radical (unpaired) electrons. The average Bonchev–Trinajstić information content (AvgIpc) is 3.91. The summed E-state index contributed by atoms with van der Waals surface area (Å²) in [6.07, 6.45) is 4.86. The van der Waals surface area contributed by atoms with Gasteiger partial charge in [0.2, 0.25) is 0 Å². The van der Waals surface area contributed by atoms with E-state index in [0.717, 1.165) is 32.9 Å². The first kappa shape index (κ1) is 26.9. The van der Waals surface area contributed by atoms with Crippen LogP contribution in [0.5, 0.6) is 11.5 Å². The first-order valence-electron chi connectivity index (χ1n) is 26.9. The van der Waals surface area contributed by atoms with Crippen LogP contribution in [0.1, 0.15) is 76.1 Å². The zero-order chi connectivity index (χ0) is 54.0. The molecular weight excluding hydrogens is 757 g/mol. The van der Waals surface area contributed by atoms with Gasteiger partial charge in [0.1, 0.15) is 17.3 Å². The van der Waals surface area contributed by atoms with Gasteiger partial charge in [-0.1, -0.05) is 163 Å². The van der Waals surface area contributed by atoms with Gasteiger partial charge in [-0.3, -0.25) is 13.7 Å². The van der Waals surface area contributed by atoms with Crippen LogP contribution in [0.15, 0.2) is 176 Å². The number of imidazole rings is 1. The molecule has 304 valence electrons. The summed E-state index contributed by atoms with van der Waals surface area (Å²) in [5, 5.41) is 1.68. The maximum Gasteiger partial charge on any atom is 0.269 e. The van der Waals surface area contributed by atoms with Crippen LogP contribution >= 0.6 is 0 Å². The van der Waals surface area contributed by atoms with Crippen molar-refractivity contribution < 1.29 is 27.1 Å². The van der Waals surface area contributed by atoms with Gasteiger partial charge in [0.15, 0.2) is 0 Å². The second kappa shape index (κ2) is 15.0. The monoisotopic (exact) mass is 819 g/mol. The van der Waals surface area contributed by atoms with Crippen LogP contribution < -0.4 is 9.30 Å². The molecule has 7 aromatic carbocycles. The normalized spacial score (nSPS) is 15.3. The molecule has 62 heavy (non-hydrogen) atoms. The lowest BCUT2D eigenvalue weighted by Gasteiger charge is -2.30. The van der Waals surface area contributed by atoms with Gasteiger partial charge in [-0.15, -0.1) is 0 Å². The van der Waals surface area contributed by atoms with Crippen molar-refractivity contribution in [1.82, 2.24) is 14.1 Å². The molecule has 0 fully saturated rings. The summed E-state index contributed by atoms with van der Waals surface area (Å²) in [5.74, 6) is 1.15. The quantitative estimate of drug-likeness (QED) is 0.119. The Labute approximate surface area is 382 Å². The summed E-state index contributed by atoms with van der Waals surface area (Å²) in [4.78, 5) is 4.70. The Hall–Kier alpha value is -7.24. The minimum Gasteiger partial charge on any atom is -0.458 e. The Morgan fingerprint density at radius 1 is 0.629 bits per heavy atom. The molecule has 5 heteroatoms. The summed E-state index contributed by atoms with van der Waals surface area (Å²) in [5.41, 5.74) is 5.14. The zero-order valence-corrected chi connectivity index (χ0v) is 35.2. The number of benzene rings is 7. The van der Waals surface area contributed by atoms with E-state index in [1.807, 2.05) is 111 Å². The van der Waals surface area contributed by atoms with Crippen molar-refractivity contribution in [2.45, 2.75) is 59.2 Å². The number of para-hydroxylation sites is 3. The lowest BCUT2D eigenvalue weighted by atomic mass is 9.77. The number of fused-ring (bicyclic) bond motifs is 4. The summed E-state index contributed by atoms with van der Waals surface area (Å²) in [6, 6.07) is 29.2. The molecule has 0 spiro atoms. The van der Waals surface area contributed by atoms with Gasteiger partial charge in [-0.05, 0) is 93.5 Å². The number of ether oxygens (including phenoxy) is 1. The second-order valence-corrected chi connectivity index (χ2v) is 17.4. The largest absolute Gasteiger partial charge is 0.458 e. The molecule has 0 atom stereocenters. The van der Waals surface area contributed by atoms with Gasteiger partial charge >= 0.3 is 0 Å². The van der Waals surface area contributed by atoms with E-state index < -0.39 is 60.6 Å². The summed E-state index contributed by atoms with van der Waals surface area (Å²) >= 11 is 0. The average molecular weight is 820 g/mol. The fourth-order valence-corrected chi connectivity index (χ4v) is 8.11. The highest BCUT2D eigenvalue weighted by Crippen LogP contribution is 2.40. The Kier molecular flexibility index (Phi) is 6.51. The third-order valence-corrected chi connectivity index (χ3v) is 11.2. The minimum atomic E-state index is -2.77. The van der Waals surface area contributed by atoms with Crippen molar-refractivity contribution in [1.29, 1.82) is 0 Å². The zero-order valence-electron chi connectivity index (χ0n) is 48.2. The molecule has 3 heterocycles. The molecule has 0 N–H and O–H groups in total. The lowest BCUT2D eigenvalue weighted by molar-refractivity contribution is -0.572. The number of hydrogen-bond acceptors (Lipinski definition) is 2. The summed E-state index contributed by atoms with van der Waals surface area (Å²) < 4.78 is 124. The van der Waals surface area contributed by atoms with Gasteiger partial charge in [-0.25, -0.2) is 4.98 Å². The summed E-state index contributed by atoms with van der Waals surface area (Å²) in [7, 11) is 0. The molecule has 0 saturated carbocycles. The van der Waals surface area contributed by atoms with Crippen LogP contribution in [0, 0.1) is 13.2 Å². The van der Waals surface area contributed by atoms with Crippen molar-refractivity contribution >= 4 is 32.8 Å². The van der Waals surface area contributed by atoms with E-state index in [-0.39, 0.29) is 45.6 Å². The van der Waals surface area contributed by atoms with Gasteiger partial charge in [0, 0.05) is 32.7 Å². The Bertz CT molecular complexity index is 3950. The van der Waals surface area contributed by atoms with Gasteiger partial charge in [0.05, 0.1) is 47.1 Å². The van der Waals surface area contributed by atoms with E-state index >= 15 is 0 Å². The third kappa shape index (κ3) is 6.94. The molecule has 0 aliphatic carbocycles. The lowest BCUT2D eigenvalue weighted by Crippen LogP contribution is -2.35. The Morgan fingerprint density at radius 3 is 2.03 bits per heavy atom. The molecule has 5 nitrogen and oxygen atoms in total. The molecule has 0 unspecified atom stereocenters. The van der Waals surface area contributed by atoms with Crippen LogP contribution in [0.25, 0.3) is 72.3 Å². The van der Waals surface area contributed by atoms with Crippen LogP contribution in [-0.4, -0.2) is 14.1 Å². The van der Waals surface area contributed by atoms with Gasteiger partial charge in [-0.2, -0.15) is 0 Å². The fourth-order valence-electron chi connectivity index (χ4n) is 8.11. The van der Waals surface area contributed by atoms with E-state index in [0.29, 0.717) is 39.5 Å². The smallest absolute Gasteiger partial charge is 0.269 e. The number of aromatic nitrogens is 4. The molecule has 3 aromatic heterocycles. The number of hydrogen-bond donors (Lipinski definition) is 0. The number of aryl methyl sites for hydroxylation is 1. The molecule has 0 amide bonds. The predicted molar refractivity (Wildman–Crippen MR) is 255 cm³/mol. The van der Waals surface area contributed by atoms with Crippen LogP contribution in [0.2, 0.25) is 0 Å². The van der Waals surface area contributed by atoms with E-state index in [9.17, 15) is 0 Å². The van der Waals surface area contributed by atoms with Crippen molar-refractivity contribution in [3.8, 4) is 50.9 Å². The van der Waals surface area contributed by atoms with E-state index in [1.54, 1.807) is 0 Å². The van der Waals surface area contributed by atoms with Crippen molar-refractivity contribution in [2.24, 2.45) is 0 Å². The highest BCUT2D eigenvalue weighted by Gasteiger charge is 2.28. The number of pyridine rings is 1. The van der Waals surface area contributed by atoms with Crippen molar-refractivity contribution in [3.05, 3.63) is 199 Å². The molecule has 0 aliphatic rings. The van der Waals surface area contributed by atoms with Crippen molar-refractivity contribution in [3.63, 3.8) is 0 Å². The SMILES string of the molecule is [2H]c1c([2H])c([2H])c(-c2cnc(-n3c4ccccc4c4ccc(Oc5cccc(-n6[c-][n+](-c7c(-c8c([2H])c([2H])c([2H])c([2H])c8[2H])cc(C(C)(C)C)cc7C(C)(C)C)c7ccccc76)c5)cc43)cc2C([2H])([2H])[2H])c([2H])c1[2H]. The Balaban J connectivity index is 1.11. The first-order chi connectivity index (χ1) is 35.3. The second-order valence-electron chi connectivity index (χ2n) is 17.4. The standard InChI is InChI=1S/C57H50N4O/c1-38-31-54(58-36-48(38)40-21-12-9-13-22-40)61-50-26-15-14-25-45(50)46-30-29-44(35-53(46)61)62-43-24-18-23-42(34-43)59-37-60(52-28-17-16-27-51(52)59)55-47(39-19-10-8-11-20-39)32-41(56(2,3)4)33-49(55)57(5,6)7/h8-36H,1-7H3/i1D3,8D,9D,10D,11D,12D,13D,19D,20D,21D,22D. The minimum absolute atomic E-state index is 0.0932. The molecular formula is C57H50N4O.